The third kappa shape index (κ3) is 3.95. The van der Waals surface area contributed by atoms with Crippen molar-refractivity contribution >= 4 is 15.6 Å². The van der Waals surface area contributed by atoms with Gasteiger partial charge in [-0.05, 0) is 13.3 Å². The minimum absolute atomic E-state index is 0.0454. The van der Waals surface area contributed by atoms with Crippen molar-refractivity contribution < 1.29 is 17.9 Å². The Morgan fingerprint density at radius 1 is 1.65 bits per heavy atom. The van der Waals surface area contributed by atoms with Gasteiger partial charge in [0.2, 0.25) is 0 Å². The maximum absolute atomic E-state index is 11.9. The summed E-state index contributed by atoms with van der Waals surface area (Å²) in [6.07, 6.45) is 2.02. The van der Waals surface area contributed by atoms with Crippen LogP contribution in [0.4, 0.5) is 0 Å². The van der Waals surface area contributed by atoms with E-state index in [-0.39, 0.29) is 31.2 Å². The zero-order valence-corrected chi connectivity index (χ0v) is 10.5. The smallest absolute Gasteiger partial charge is 0.159 e. The van der Waals surface area contributed by atoms with E-state index in [4.69, 9.17) is 10.00 Å². The highest BCUT2D eigenvalue weighted by Crippen LogP contribution is 2.16. The van der Waals surface area contributed by atoms with Crippen molar-refractivity contribution in [1.82, 2.24) is 0 Å². The second kappa shape index (κ2) is 5.94. The molecule has 5 nitrogen and oxygen atoms in total. The first-order valence-corrected chi connectivity index (χ1v) is 7.07. The number of hydrogen-bond donors (Lipinski definition) is 0. The normalized spacial score (nSPS) is 20.5. The lowest BCUT2D eigenvalue weighted by atomic mass is 10.1. The number of carbonyl (C=O) groups is 1. The highest BCUT2D eigenvalue weighted by atomic mass is 32.2. The summed E-state index contributed by atoms with van der Waals surface area (Å²) >= 11 is 0. The minimum Gasteiger partial charge on any atom is -0.375 e. The molecule has 1 aliphatic rings. The number of unbranched alkanes of at least 4 members (excludes halogenated alkanes) is 1. The Hall–Kier alpha value is -1.19. The van der Waals surface area contributed by atoms with Gasteiger partial charge in [-0.3, -0.25) is 4.79 Å². The number of nitriles is 1. The van der Waals surface area contributed by atoms with Gasteiger partial charge in [0.25, 0.3) is 0 Å². The van der Waals surface area contributed by atoms with Gasteiger partial charge < -0.3 is 4.74 Å². The van der Waals surface area contributed by atoms with Crippen molar-refractivity contribution in [3.8, 4) is 6.07 Å². The predicted octanol–water partition coefficient (Wildman–Crippen LogP) is 0.619. The van der Waals surface area contributed by atoms with E-state index < -0.39 is 15.1 Å². The molecule has 1 heterocycles. The molecule has 0 radical (unpaired) electrons. The van der Waals surface area contributed by atoms with Crippen LogP contribution < -0.4 is 0 Å². The van der Waals surface area contributed by atoms with Crippen LogP contribution in [0.1, 0.15) is 19.8 Å². The van der Waals surface area contributed by atoms with Crippen molar-refractivity contribution in [2.24, 2.45) is 0 Å². The van der Waals surface area contributed by atoms with Crippen LogP contribution >= 0.6 is 0 Å². The molecule has 0 aromatic heterocycles. The Balaban J connectivity index is 2.75. The first-order valence-electron chi connectivity index (χ1n) is 5.35. The molecule has 0 aromatic rings. The second-order valence-corrected chi connectivity index (χ2v) is 6.27. The number of Topliss-reactive ketones (excluding diaryl/α,β-unsaturated/α-hetero) is 1. The minimum atomic E-state index is -3.33. The summed E-state index contributed by atoms with van der Waals surface area (Å²) in [6.45, 7) is 1.66. The average Bonchev–Trinajstić information content (AvgIpc) is 2.29. The molecule has 1 unspecified atom stereocenters. The Bertz CT molecular complexity index is 458. The van der Waals surface area contributed by atoms with Crippen molar-refractivity contribution in [3.63, 3.8) is 0 Å². The van der Waals surface area contributed by atoms with Crippen LogP contribution in [0, 0.1) is 11.3 Å². The lowest BCUT2D eigenvalue weighted by Gasteiger charge is -2.20. The van der Waals surface area contributed by atoms with Gasteiger partial charge in [-0.25, -0.2) is 8.42 Å². The molecule has 0 saturated carbocycles. The van der Waals surface area contributed by atoms with Crippen molar-refractivity contribution in [2.75, 3.05) is 19.0 Å². The quantitative estimate of drug-likeness (QED) is 0.674. The van der Waals surface area contributed by atoms with E-state index in [0.29, 0.717) is 12.0 Å². The van der Waals surface area contributed by atoms with Crippen LogP contribution in [-0.2, 0) is 19.4 Å². The molecule has 17 heavy (non-hydrogen) atoms. The van der Waals surface area contributed by atoms with Gasteiger partial charge in [-0.2, -0.15) is 5.26 Å². The molecule has 0 fully saturated rings. The lowest BCUT2D eigenvalue weighted by Crippen LogP contribution is -2.32. The Labute approximate surface area is 101 Å². The molecule has 0 saturated heterocycles. The summed E-state index contributed by atoms with van der Waals surface area (Å²) in [5.41, 5.74) is 0.408. The summed E-state index contributed by atoms with van der Waals surface area (Å²) < 4.78 is 28.9. The number of rotatable bonds is 5. The van der Waals surface area contributed by atoms with E-state index in [1.807, 2.05) is 6.07 Å². The highest BCUT2D eigenvalue weighted by molar-refractivity contribution is 7.92. The zero-order chi connectivity index (χ0) is 12.9. The van der Waals surface area contributed by atoms with Crippen LogP contribution in [0.5, 0.6) is 0 Å². The van der Waals surface area contributed by atoms with Gasteiger partial charge in [0, 0.05) is 12.0 Å². The topological polar surface area (TPSA) is 84.2 Å². The van der Waals surface area contributed by atoms with Gasteiger partial charge in [-0.1, -0.05) is 6.08 Å². The third-order valence-corrected chi connectivity index (χ3v) is 4.61. The molecule has 0 spiro atoms. The average molecular weight is 257 g/mol. The number of sulfone groups is 1. The van der Waals surface area contributed by atoms with E-state index in [9.17, 15) is 13.2 Å². The van der Waals surface area contributed by atoms with Gasteiger partial charge >= 0.3 is 0 Å². The molecule has 1 rings (SSSR count). The van der Waals surface area contributed by atoms with Crippen LogP contribution in [-0.4, -0.2) is 38.4 Å². The molecular formula is C11H15NO4S. The van der Waals surface area contributed by atoms with Gasteiger partial charge in [0.15, 0.2) is 15.6 Å². The Morgan fingerprint density at radius 3 is 2.94 bits per heavy atom. The first-order chi connectivity index (χ1) is 7.97. The van der Waals surface area contributed by atoms with Crippen LogP contribution in [0.2, 0.25) is 0 Å². The van der Waals surface area contributed by atoms with E-state index in [1.54, 1.807) is 0 Å². The van der Waals surface area contributed by atoms with Crippen LogP contribution in [0.15, 0.2) is 11.6 Å². The zero-order valence-electron chi connectivity index (χ0n) is 9.68. The van der Waals surface area contributed by atoms with Crippen molar-refractivity contribution in [1.29, 1.82) is 5.26 Å². The molecule has 1 aliphatic heterocycles. The molecular weight excluding hydrogens is 242 g/mol. The number of ketones is 1. The fraction of sp³-hybridized carbons (Fsp3) is 0.636. The van der Waals surface area contributed by atoms with Crippen molar-refractivity contribution in [3.05, 3.63) is 11.6 Å². The predicted molar refractivity (Wildman–Crippen MR) is 62.0 cm³/mol. The fourth-order valence-corrected chi connectivity index (χ4v) is 3.06. The van der Waals surface area contributed by atoms with E-state index in [0.717, 1.165) is 0 Å². The molecule has 0 aromatic carbocycles. The maximum atomic E-state index is 11.9. The van der Waals surface area contributed by atoms with Gasteiger partial charge in [0.05, 0.1) is 25.0 Å². The molecule has 0 amide bonds. The third-order valence-electron chi connectivity index (χ3n) is 2.56. The van der Waals surface area contributed by atoms with E-state index in [1.165, 1.54) is 13.0 Å². The summed E-state index contributed by atoms with van der Waals surface area (Å²) in [4.78, 5) is 11.1. The Kier molecular flexibility index (Phi) is 4.85. The lowest BCUT2D eigenvalue weighted by molar-refractivity contribution is -0.114. The van der Waals surface area contributed by atoms with Crippen molar-refractivity contribution in [2.45, 2.75) is 25.0 Å². The van der Waals surface area contributed by atoms with Gasteiger partial charge in [-0.15, -0.1) is 0 Å². The molecule has 0 bridgehead atoms. The highest BCUT2D eigenvalue weighted by Gasteiger charge is 2.27. The summed E-state index contributed by atoms with van der Waals surface area (Å²) in [7, 11) is -3.33. The van der Waals surface area contributed by atoms with E-state index in [2.05, 4.69) is 0 Å². The summed E-state index contributed by atoms with van der Waals surface area (Å²) in [5.74, 6) is -0.210. The largest absolute Gasteiger partial charge is 0.375 e. The fourth-order valence-electron chi connectivity index (χ4n) is 1.54. The number of ether oxygens (including phenoxy) is 1. The maximum Gasteiger partial charge on any atom is 0.159 e. The molecule has 6 heteroatoms. The van der Waals surface area contributed by atoms with Crippen LogP contribution in [0.25, 0.3) is 0 Å². The second-order valence-electron chi connectivity index (χ2n) is 3.93. The number of nitrogens with zero attached hydrogens (tertiary/aromatic N) is 1. The SMILES string of the molecule is CC(=O)C1=CC(S(=O)(=O)CCCC#N)COC1. The number of carbonyl (C=O) groups excluding carboxylic acids is 1. The van der Waals surface area contributed by atoms with E-state index >= 15 is 0 Å². The molecule has 0 aliphatic carbocycles. The molecule has 0 N–H and O–H groups in total. The molecule has 1 atom stereocenters. The van der Waals surface area contributed by atoms with Crippen LogP contribution in [0.3, 0.4) is 0 Å². The summed E-state index contributed by atoms with van der Waals surface area (Å²) in [5, 5.41) is 7.61. The monoisotopic (exact) mass is 257 g/mol. The first kappa shape index (κ1) is 13.9. The Morgan fingerprint density at radius 2 is 2.35 bits per heavy atom. The standard InChI is InChI=1S/C11H15NO4S/c1-9(13)10-6-11(8-16-7-10)17(14,15)5-3-2-4-12/h6,11H,2-3,5,7-8H2,1H3. The molecule has 94 valence electrons. The number of hydrogen-bond acceptors (Lipinski definition) is 5. The van der Waals surface area contributed by atoms with Gasteiger partial charge in [0.1, 0.15) is 5.25 Å². The summed E-state index contributed by atoms with van der Waals surface area (Å²) in [6, 6.07) is 1.90.